The molecule has 0 radical (unpaired) electrons. The normalized spacial score (nSPS) is 18.0. The summed E-state index contributed by atoms with van der Waals surface area (Å²) in [5.41, 5.74) is -0.497. The average Bonchev–Trinajstić information content (AvgIpc) is 3.03. The van der Waals surface area contributed by atoms with Crippen molar-refractivity contribution >= 4 is 6.09 Å². The van der Waals surface area contributed by atoms with E-state index < -0.39 is 17.2 Å². The molecule has 1 amide bonds. The minimum Gasteiger partial charge on any atom is -0.444 e. The van der Waals surface area contributed by atoms with Crippen molar-refractivity contribution in [2.75, 3.05) is 13.1 Å². The summed E-state index contributed by atoms with van der Waals surface area (Å²) in [6, 6.07) is 3.18. The van der Waals surface area contributed by atoms with E-state index in [0.717, 1.165) is 25.0 Å². The molecule has 1 aliphatic rings. The van der Waals surface area contributed by atoms with Crippen LogP contribution in [-0.4, -0.2) is 39.8 Å². The Hall–Kier alpha value is -2.51. The van der Waals surface area contributed by atoms with Gasteiger partial charge in [-0.3, -0.25) is 0 Å². The van der Waals surface area contributed by atoms with Gasteiger partial charge in [-0.1, -0.05) is 5.16 Å². The molecule has 0 N–H and O–H groups in total. The third-order valence-electron chi connectivity index (χ3n) is 4.04. The SMILES string of the molecule is CC(C)(C)OC(=O)N1CCCC(c2nc(-c3ccc(F)cc3F)no2)C1. The molecule has 1 saturated heterocycles. The number of piperidine rings is 1. The van der Waals surface area contributed by atoms with Crippen molar-refractivity contribution in [3.63, 3.8) is 0 Å². The number of rotatable bonds is 2. The zero-order chi connectivity index (χ0) is 18.9. The molecule has 6 nitrogen and oxygen atoms in total. The molecule has 1 aliphatic heterocycles. The van der Waals surface area contributed by atoms with E-state index in [2.05, 4.69) is 10.1 Å². The van der Waals surface area contributed by atoms with Gasteiger partial charge >= 0.3 is 6.09 Å². The van der Waals surface area contributed by atoms with Crippen LogP contribution in [0.15, 0.2) is 22.7 Å². The number of halogens is 2. The summed E-state index contributed by atoms with van der Waals surface area (Å²) >= 11 is 0. The van der Waals surface area contributed by atoms with Crippen molar-refractivity contribution in [3.8, 4) is 11.4 Å². The van der Waals surface area contributed by atoms with Gasteiger partial charge in [0, 0.05) is 19.2 Å². The predicted molar refractivity (Wildman–Crippen MR) is 89.4 cm³/mol. The van der Waals surface area contributed by atoms with Crippen molar-refractivity contribution in [2.24, 2.45) is 0 Å². The molecule has 140 valence electrons. The molecule has 1 aromatic heterocycles. The third kappa shape index (κ3) is 4.17. The summed E-state index contributed by atoms with van der Waals surface area (Å²) in [5.74, 6) is -1.18. The summed E-state index contributed by atoms with van der Waals surface area (Å²) in [5, 5.41) is 3.80. The Morgan fingerprint density at radius 1 is 1.35 bits per heavy atom. The largest absolute Gasteiger partial charge is 0.444 e. The van der Waals surface area contributed by atoms with Crippen LogP contribution < -0.4 is 0 Å². The van der Waals surface area contributed by atoms with Gasteiger partial charge in [0.05, 0.1) is 11.5 Å². The van der Waals surface area contributed by atoms with Crippen LogP contribution >= 0.6 is 0 Å². The van der Waals surface area contributed by atoms with E-state index in [0.29, 0.717) is 19.0 Å². The van der Waals surface area contributed by atoms with Crippen LogP contribution in [0.2, 0.25) is 0 Å². The highest BCUT2D eigenvalue weighted by molar-refractivity contribution is 5.68. The second-order valence-corrected chi connectivity index (χ2v) is 7.35. The van der Waals surface area contributed by atoms with E-state index in [-0.39, 0.29) is 23.4 Å². The molecule has 1 atom stereocenters. The van der Waals surface area contributed by atoms with E-state index in [1.165, 1.54) is 6.07 Å². The zero-order valence-corrected chi connectivity index (χ0v) is 15.0. The molecule has 0 aliphatic carbocycles. The van der Waals surface area contributed by atoms with Gasteiger partial charge in [-0.2, -0.15) is 4.98 Å². The molecular formula is C18H21F2N3O3. The molecule has 8 heteroatoms. The Bertz CT molecular complexity index is 801. The molecule has 2 aromatic rings. The van der Waals surface area contributed by atoms with Crippen LogP contribution in [0.3, 0.4) is 0 Å². The first-order chi connectivity index (χ1) is 12.2. The Morgan fingerprint density at radius 2 is 2.12 bits per heavy atom. The quantitative estimate of drug-likeness (QED) is 0.800. The summed E-state index contributed by atoms with van der Waals surface area (Å²) in [6.45, 7) is 6.43. The highest BCUT2D eigenvalue weighted by atomic mass is 19.1. The number of amides is 1. The average molecular weight is 365 g/mol. The van der Waals surface area contributed by atoms with E-state index in [4.69, 9.17) is 9.26 Å². The number of hydrogen-bond acceptors (Lipinski definition) is 5. The molecule has 2 heterocycles. The molecule has 0 saturated carbocycles. The van der Waals surface area contributed by atoms with Crippen LogP contribution in [0, 0.1) is 11.6 Å². The highest BCUT2D eigenvalue weighted by Crippen LogP contribution is 2.29. The lowest BCUT2D eigenvalue weighted by atomic mass is 9.98. The number of hydrogen-bond donors (Lipinski definition) is 0. The van der Waals surface area contributed by atoms with E-state index in [9.17, 15) is 13.6 Å². The second-order valence-electron chi connectivity index (χ2n) is 7.35. The van der Waals surface area contributed by atoms with Gasteiger partial charge in [0.1, 0.15) is 17.2 Å². The monoisotopic (exact) mass is 365 g/mol. The lowest BCUT2D eigenvalue weighted by Gasteiger charge is -2.32. The lowest BCUT2D eigenvalue weighted by Crippen LogP contribution is -2.42. The Morgan fingerprint density at radius 3 is 2.81 bits per heavy atom. The molecule has 0 bridgehead atoms. The lowest BCUT2D eigenvalue weighted by molar-refractivity contribution is 0.0189. The number of likely N-dealkylation sites (tertiary alicyclic amines) is 1. The van der Waals surface area contributed by atoms with Crippen LogP contribution in [0.4, 0.5) is 13.6 Å². The molecule has 1 unspecified atom stereocenters. The smallest absolute Gasteiger partial charge is 0.410 e. The molecule has 1 fully saturated rings. The van der Waals surface area contributed by atoms with E-state index in [1.54, 1.807) is 4.90 Å². The van der Waals surface area contributed by atoms with Gasteiger partial charge in [0.15, 0.2) is 0 Å². The van der Waals surface area contributed by atoms with Gasteiger partial charge in [-0.05, 0) is 45.7 Å². The first-order valence-corrected chi connectivity index (χ1v) is 8.50. The number of ether oxygens (including phenoxy) is 1. The highest BCUT2D eigenvalue weighted by Gasteiger charge is 2.31. The Labute approximate surface area is 150 Å². The summed E-state index contributed by atoms with van der Waals surface area (Å²) in [6.07, 6.45) is 1.16. The maximum Gasteiger partial charge on any atom is 0.410 e. The standard InChI is InChI=1S/C18H21F2N3O3/c1-18(2,3)25-17(24)23-8-4-5-11(10-23)16-21-15(22-26-16)13-7-6-12(19)9-14(13)20/h6-7,9,11H,4-5,8,10H2,1-3H3. The zero-order valence-electron chi connectivity index (χ0n) is 15.0. The maximum atomic E-state index is 13.9. The minimum absolute atomic E-state index is 0.0619. The van der Waals surface area contributed by atoms with Crippen LogP contribution in [0.25, 0.3) is 11.4 Å². The van der Waals surface area contributed by atoms with Gasteiger partial charge in [-0.25, -0.2) is 13.6 Å². The number of aromatic nitrogens is 2. The van der Waals surface area contributed by atoms with Crippen molar-refractivity contribution in [1.82, 2.24) is 15.0 Å². The van der Waals surface area contributed by atoms with Crippen molar-refractivity contribution in [1.29, 1.82) is 0 Å². The first-order valence-electron chi connectivity index (χ1n) is 8.50. The summed E-state index contributed by atoms with van der Waals surface area (Å²) in [7, 11) is 0. The van der Waals surface area contributed by atoms with Crippen LogP contribution in [0.5, 0.6) is 0 Å². The van der Waals surface area contributed by atoms with Crippen molar-refractivity contribution in [2.45, 2.75) is 45.1 Å². The second kappa shape index (κ2) is 7.01. The molecular weight excluding hydrogens is 344 g/mol. The minimum atomic E-state index is -0.753. The van der Waals surface area contributed by atoms with Gasteiger partial charge in [0.2, 0.25) is 11.7 Å². The third-order valence-corrected chi connectivity index (χ3v) is 4.04. The molecule has 3 rings (SSSR count). The van der Waals surface area contributed by atoms with Gasteiger partial charge < -0.3 is 14.2 Å². The van der Waals surface area contributed by atoms with E-state index in [1.807, 2.05) is 20.8 Å². The summed E-state index contributed by atoms with van der Waals surface area (Å²) in [4.78, 5) is 18.1. The van der Waals surface area contributed by atoms with Gasteiger partial charge in [-0.15, -0.1) is 0 Å². The number of nitrogens with zero attached hydrogens (tertiary/aromatic N) is 3. The molecule has 26 heavy (non-hydrogen) atoms. The molecule has 0 spiro atoms. The Balaban J connectivity index is 1.73. The molecule has 1 aromatic carbocycles. The topological polar surface area (TPSA) is 68.5 Å². The number of benzene rings is 1. The van der Waals surface area contributed by atoms with Gasteiger partial charge in [0.25, 0.3) is 0 Å². The van der Waals surface area contributed by atoms with Crippen LogP contribution in [0.1, 0.15) is 45.4 Å². The Kier molecular flexibility index (Phi) is 4.93. The van der Waals surface area contributed by atoms with Crippen LogP contribution in [-0.2, 0) is 4.74 Å². The first kappa shape index (κ1) is 18.3. The fraction of sp³-hybridized carbons (Fsp3) is 0.500. The summed E-state index contributed by atoms with van der Waals surface area (Å²) < 4.78 is 37.6. The number of carbonyl (C=O) groups is 1. The maximum absolute atomic E-state index is 13.9. The fourth-order valence-electron chi connectivity index (χ4n) is 2.85. The fourth-order valence-corrected chi connectivity index (χ4v) is 2.85. The number of carbonyl (C=O) groups excluding carboxylic acids is 1. The predicted octanol–water partition coefficient (Wildman–Crippen LogP) is 4.13. The van der Waals surface area contributed by atoms with Crippen molar-refractivity contribution < 1.29 is 22.8 Å². The van der Waals surface area contributed by atoms with Crippen molar-refractivity contribution in [3.05, 3.63) is 35.7 Å². The van der Waals surface area contributed by atoms with E-state index >= 15 is 0 Å².